The molecule has 0 aliphatic rings. The Hall–Kier alpha value is -1.02. The van der Waals surface area contributed by atoms with Crippen LogP contribution in [0.2, 0.25) is 0 Å². The normalized spacial score (nSPS) is 17.3. The van der Waals surface area contributed by atoms with E-state index in [0.29, 0.717) is 23.6 Å². The molecule has 1 unspecified atom stereocenters. The Labute approximate surface area is 132 Å². The summed E-state index contributed by atoms with van der Waals surface area (Å²) in [5, 5.41) is 4.80. The van der Waals surface area contributed by atoms with Crippen LogP contribution in [0, 0.1) is 18.3 Å². The summed E-state index contributed by atoms with van der Waals surface area (Å²) in [5.74, 6) is 1.58. The molecule has 1 N–H and O–H groups in total. The Morgan fingerprint density at radius 1 is 1.29 bits per heavy atom. The topological polar surface area (TPSA) is 23.5 Å². The summed E-state index contributed by atoms with van der Waals surface area (Å²) in [6.07, 6.45) is 0. The SMILES string of the molecule is [2H]Oc1cc([C@@H]([C@@H](C)C(C)N(C)CC)C(C)(C)C)ccc1C. The number of hydrogen-bond acceptors (Lipinski definition) is 2. The van der Waals surface area contributed by atoms with Gasteiger partial charge in [-0.2, -0.15) is 0 Å². The van der Waals surface area contributed by atoms with Crippen molar-refractivity contribution in [3.8, 4) is 5.75 Å². The zero-order chi connectivity index (χ0) is 17.1. The fraction of sp³-hybridized carbons (Fsp3) is 0.684. The van der Waals surface area contributed by atoms with Crippen molar-refractivity contribution in [1.29, 1.82) is 1.43 Å². The minimum atomic E-state index is 0.150. The van der Waals surface area contributed by atoms with Crippen molar-refractivity contribution in [2.75, 3.05) is 13.6 Å². The number of phenols is 1. The lowest BCUT2D eigenvalue weighted by Gasteiger charge is -2.41. The first kappa shape index (κ1) is 16.4. The molecule has 120 valence electrons. The molecule has 0 fully saturated rings. The van der Waals surface area contributed by atoms with Gasteiger partial charge in [0.25, 0.3) is 1.43 Å². The third-order valence-electron chi connectivity index (χ3n) is 4.99. The second-order valence-corrected chi connectivity index (χ2v) is 7.54. The smallest absolute Gasteiger partial charge is 0.293 e. The Bertz CT molecular complexity index is 481. The van der Waals surface area contributed by atoms with Crippen LogP contribution in [0.4, 0.5) is 0 Å². The fourth-order valence-corrected chi connectivity index (χ4v) is 3.37. The molecule has 0 heterocycles. The second-order valence-electron chi connectivity index (χ2n) is 7.54. The third kappa shape index (κ3) is 4.23. The number of phenolic OH excluding ortho intramolecular Hbond substituents is 1. The van der Waals surface area contributed by atoms with Crippen LogP contribution >= 0.6 is 0 Å². The van der Waals surface area contributed by atoms with Gasteiger partial charge in [-0.3, -0.25) is 0 Å². The summed E-state index contributed by atoms with van der Waals surface area (Å²) in [6.45, 7) is 16.8. The van der Waals surface area contributed by atoms with Crippen LogP contribution in [0.25, 0.3) is 0 Å². The first-order valence-electron chi connectivity index (χ1n) is 8.48. The minimum Gasteiger partial charge on any atom is -0.508 e. The van der Waals surface area contributed by atoms with Gasteiger partial charge in [0.1, 0.15) is 5.75 Å². The lowest BCUT2D eigenvalue weighted by atomic mass is 9.68. The van der Waals surface area contributed by atoms with E-state index in [1.54, 1.807) is 0 Å². The fourth-order valence-electron chi connectivity index (χ4n) is 3.37. The molecular formula is C19H33NO. The molecule has 0 bridgehead atoms. The quantitative estimate of drug-likeness (QED) is 0.813. The first-order chi connectivity index (χ1) is 10.1. The second kappa shape index (κ2) is 6.83. The molecule has 0 aliphatic heterocycles. The molecule has 21 heavy (non-hydrogen) atoms. The molecule has 2 heteroatoms. The van der Waals surface area contributed by atoms with Crippen LogP contribution in [0.15, 0.2) is 18.2 Å². The number of rotatable bonds is 6. The van der Waals surface area contributed by atoms with Crippen LogP contribution in [-0.2, 0) is 0 Å². The lowest BCUT2D eigenvalue weighted by molar-refractivity contribution is 0.139. The molecule has 0 radical (unpaired) electrons. The highest BCUT2D eigenvalue weighted by Gasteiger charge is 2.35. The van der Waals surface area contributed by atoms with Crippen LogP contribution in [0.5, 0.6) is 5.75 Å². The summed E-state index contributed by atoms with van der Waals surface area (Å²) in [6, 6.07) is 6.81. The van der Waals surface area contributed by atoms with Gasteiger partial charge in [0.15, 0.2) is 0 Å². The Kier molecular flexibility index (Phi) is 5.32. The lowest BCUT2D eigenvalue weighted by Crippen LogP contribution is -2.40. The van der Waals surface area contributed by atoms with Crippen molar-refractivity contribution in [2.45, 2.75) is 60.4 Å². The van der Waals surface area contributed by atoms with Crippen molar-refractivity contribution in [3.05, 3.63) is 29.3 Å². The summed E-state index contributed by atoms with van der Waals surface area (Å²) >= 11 is 0. The van der Waals surface area contributed by atoms with Crippen LogP contribution in [0.1, 0.15) is 58.6 Å². The van der Waals surface area contributed by atoms with Gasteiger partial charge >= 0.3 is 0 Å². The van der Waals surface area contributed by atoms with Crippen LogP contribution in [0.3, 0.4) is 0 Å². The van der Waals surface area contributed by atoms with Crippen molar-refractivity contribution < 1.29 is 5.11 Å². The predicted molar refractivity (Wildman–Crippen MR) is 92.0 cm³/mol. The van der Waals surface area contributed by atoms with E-state index in [-0.39, 0.29) is 5.41 Å². The molecule has 0 aromatic heterocycles. The highest BCUT2D eigenvalue weighted by molar-refractivity contribution is 5.37. The maximum atomic E-state index is 7.26. The van der Waals surface area contributed by atoms with Crippen molar-refractivity contribution in [1.82, 2.24) is 4.90 Å². The molecule has 1 rings (SSSR count). The molecule has 3 atom stereocenters. The summed E-state index contributed by atoms with van der Waals surface area (Å²) < 4.78 is 7.26. The van der Waals surface area contributed by atoms with Gasteiger partial charge in [0, 0.05) is 6.04 Å². The van der Waals surface area contributed by atoms with Gasteiger partial charge in [-0.1, -0.05) is 46.8 Å². The average Bonchev–Trinajstić information content (AvgIpc) is 2.45. The highest BCUT2D eigenvalue weighted by Crippen LogP contribution is 2.43. The zero-order valence-corrected chi connectivity index (χ0v) is 15.0. The molecule has 1 aromatic rings. The zero-order valence-electron chi connectivity index (χ0n) is 16.0. The van der Waals surface area contributed by atoms with Crippen molar-refractivity contribution >= 4 is 0 Å². The molecule has 0 amide bonds. The largest absolute Gasteiger partial charge is 0.508 e. The van der Waals surface area contributed by atoms with E-state index in [1.807, 2.05) is 13.0 Å². The maximum Gasteiger partial charge on any atom is 0.293 e. The third-order valence-corrected chi connectivity index (χ3v) is 4.99. The molecule has 2 nitrogen and oxygen atoms in total. The van der Waals surface area contributed by atoms with E-state index in [0.717, 1.165) is 12.1 Å². The summed E-state index contributed by atoms with van der Waals surface area (Å²) in [7, 11) is 2.19. The summed E-state index contributed by atoms with van der Waals surface area (Å²) in [5.41, 5.74) is 2.43. The van der Waals surface area contributed by atoms with E-state index in [4.69, 9.17) is 6.54 Å². The molecular weight excluding hydrogens is 258 g/mol. The number of hydrogen-bond donors (Lipinski definition) is 1. The molecule has 0 aliphatic carbocycles. The summed E-state index contributed by atoms with van der Waals surface area (Å²) in [4.78, 5) is 2.40. The van der Waals surface area contributed by atoms with E-state index in [9.17, 15) is 0 Å². The number of aromatic hydroxyl groups is 1. The Balaban J connectivity index is 3.25. The minimum absolute atomic E-state index is 0.150. The predicted octanol–water partition coefficient (Wildman–Crippen LogP) is 4.81. The van der Waals surface area contributed by atoms with Gasteiger partial charge in [0.2, 0.25) is 0 Å². The monoisotopic (exact) mass is 292 g/mol. The highest BCUT2D eigenvalue weighted by atomic mass is 16.3. The van der Waals surface area contributed by atoms with E-state index < -0.39 is 0 Å². The van der Waals surface area contributed by atoms with E-state index >= 15 is 0 Å². The maximum absolute atomic E-state index is 7.26. The molecule has 1 aromatic carbocycles. The molecule has 0 saturated heterocycles. The Morgan fingerprint density at radius 3 is 2.38 bits per heavy atom. The standard InChI is InChI=1S/C19H33NO/c1-9-20(8)15(4)14(3)18(19(5,6)7)16-11-10-13(2)17(21)12-16/h10-12,14-15,18,21H,9H2,1-8H3/t14-,15?,18+/m0/s1/i/hD. The van der Waals surface area contributed by atoms with Gasteiger partial charge < -0.3 is 10.0 Å². The first-order valence-corrected chi connectivity index (χ1v) is 8.07. The molecule has 0 saturated carbocycles. The van der Waals surface area contributed by atoms with Crippen LogP contribution < -0.4 is 0 Å². The van der Waals surface area contributed by atoms with Gasteiger partial charge in [-0.15, -0.1) is 0 Å². The molecule has 0 spiro atoms. The van der Waals surface area contributed by atoms with Gasteiger partial charge in [-0.25, -0.2) is 0 Å². The number of benzene rings is 1. The Morgan fingerprint density at radius 2 is 1.90 bits per heavy atom. The van der Waals surface area contributed by atoms with Gasteiger partial charge in [-0.05, 0) is 61.9 Å². The van der Waals surface area contributed by atoms with Crippen molar-refractivity contribution in [2.24, 2.45) is 11.3 Å². The van der Waals surface area contributed by atoms with E-state index in [1.165, 1.54) is 5.56 Å². The average molecular weight is 292 g/mol. The van der Waals surface area contributed by atoms with Crippen molar-refractivity contribution in [3.63, 3.8) is 0 Å². The van der Waals surface area contributed by atoms with E-state index in [2.05, 4.69) is 65.6 Å². The number of nitrogens with zero attached hydrogens (tertiary/aromatic N) is 1. The number of aryl methyl sites for hydroxylation is 1. The van der Waals surface area contributed by atoms with Gasteiger partial charge in [0.05, 0.1) is 0 Å². The van der Waals surface area contributed by atoms with Crippen LogP contribution in [-0.4, -0.2) is 31.1 Å².